The second kappa shape index (κ2) is 5.71. The first-order chi connectivity index (χ1) is 9.27. The lowest BCUT2D eigenvalue weighted by Crippen LogP contribution is -2.08. The number of hydrogen-bond acceptors (Lipinski definition) is 4. The first kappa shape index (κ1) is 15.3. The standard InChI is InChI=1S/C13H13ClFNO2S2/c1-8(9-5-13(14)19-7-9)16-12-6-10(20(2,17)18)3-4-11(12)15/h3-8,16H,1-2H3. The number of thiophene rings is 1. The van der Waals surface area contributed by atoms with Crippen LogP contribution in [0.4, 0.5) is 10.1 Å². The molecule has 0 amide bonds. The molecule has 0 aliphatic carbocycles. The molecular formula is C13H13ClFNO2S2. The largest absolute Gasteiger partial charge is 0.376 e. The van der Waals surface area contributed by atoms with Crippen molar-refractivity contribution in [2.75, 3.05) is 11.6 Å². The van der Waals surface area contributed by atoms with Crippen molar-refractivity contribution in [2.24, 2.45) is 0 Å². The molecule has 2 aromatic rings. The molecule has 2 rings (SSSR count). The van der Waals surface area contributed by atoms with Crippen LogP contribution in [0.3, 0.4) is 0 Å². The van der Waals surface area contributed by atoms with E-state index in [1.54, 1.807) is 6.07 Å². The molecule has 20 heavy (non-hydrogen) atoms. The van der Waals surface area contributed by atoms with Gasteiger partial charge in [0.15, 0.2) is 9.84 Å². The Morgan fingerprint density at radius 3 is 2.60 bits per heavy atom. The van der Waals surface area contributed by atoms with Crippen molar-refractivity contribution in [2.45, 2.75) is 17.9 Å². The van der Waals surface area contributed by atoms with Crippen molar-refractivity contribution >= 4 is 38.5 Å². The van der Waals surface area contributed by atoms with E-state index in [4.69, 9.17) is 11.6 Å². The third kappa shape index (κ3) is 3.50. The number of sulfone groups is 1. The molecule has 1 heterocycles. The van der Waals surface area contributed by atoms with Crippen molar-refractivity contribution in [1.82, 2.24) is 0 Å². The van der Waals surface area contributed by atoms with E-state index >= 15 is 0 Å². The highest BCUT2D eigenvalue weighted by Gasteiger charge is 2.14. The predicted molar refractivity (Wildman–Crippen MR) is 80.9 cm³/mol. The Hall–Kier alpha value is -1.11. The summed E-state index contributed by atoms with van der Waals surface area (Å²) in [5.74, 6) is -0.495. The molecule has 7 heteroatoms. The number of nitrogens with one attached hydrogen (secondary N) is 1. The van der Waals surface area contributed by atoms with Crippen LogP contribution in [0.15, 0.2) is 34.5 Å². The van der Waals surface area contributed by atoms with E-state index in [1.807, 2.05) is 12.3 Å². The SMILES string of the molecule is CC(Nc1cc(S(C)(=O)=O)ccc1F)c1csc(Cl)c1. The zero-order valence-electron chi connectivity index (χ0n) is 10.9. The molecule has 0 aliphatic heterocycles. The molecule has 108 valence electrons. The molecule has 3 nitrogen and oxygen atoms in total. The van der Waals surface area contributed by atoms with Crippen LogP contribution in [0.5, 0.6) is 0 Å². The summed E-state index contributed by atoms with van der Waals surface area (Å²) in [5, 5.41) is 4.83. The molecule has 0 spiro atoms. The van der Waals surface area contributed by atoms with Crippen LogP contribution >= 0.6 is 22.9 Å². The van der Waals surface area contributed by atoms with Crippen molar-refractivity contribution in [3.05, 3.63) is 45.4 Å². The van der Waals surface area contributed by atoms with Crippen molar-refractivity contribution in [3.63, 3.8) is 0 Å². The van der Waals surface area contributed by atoms with E-state index < -0.39 is 15.7 Å². The second-order valence-electron chi connectivity index (χ2n) is 4.46. The summed E-state index contributed by atoms with van der Waals surface area (Å²) in [6.45, 7) is 1.85. The van der Waals surface area contributed by atoms with Gasteiger partial charge in [-0.2, -0.15) is 0 Å². The van der Waals surface area contributed by atoms with Crippen LogP contribution < -0.4 is 5.32 Å². The average Bonchev–Trinajstić information content (AvgIpc) is 2.77. The van der Waals surface area contributed by atoms with Gasteiger partial charge in [0.25, 0.3) is 0 Å². The summed E-state index contributed by atoms with van der Waals surface area (Å²) >= 11 is 7.25. The fourth-order valence-electron chi connectivity index (χ4n) is 1.71. The fourth-order valence-corrected chi connectivity index (χ4v) is 3.34. The number of rotatable bonds is 4. The monoisotopic (exact) mass is 333 g/mol. The Kier molecular flexibility index (Phi) is 4.36. The Balaban J connectivity index is 2.29. The van der Waals surface area contributed by atoms with Crippen LogP contribution in [-0.4, -0.2) is 14.7 Å². The smallest absolute Gasteiger partial charge is 0.175 e. The maximum Gasteiger partial charge on any atom is 0.175 e. The van der Waals surface area contributed by atoms with Crippen LogP contribution in [0.2, 0.25) is 4.34 Å². The van der Waals surface area contributed by atoms with Gasteiger partial charge in [0.2, 0.25) is 0 Å². The van der Waals surface area contributed by atoms with Gasteiger partial charge in [-0.05, 0) is 42.1 Å². The Bertz CT molecular complexity index is 728. The maximum absolute atomic E-state index is 13.8. The van der Waals surface area contributed by atoms with Gasteiger partial charge in [-0.3, -0.25) is 0 Å². The Morgan fingerprint density at radius 2 is 2.05 bits per heavy atom. The fraction of sp³-hybridized carbons (Fsp3) is 0.231. The highest BCUT2D eigenvalue weighted by Crippen LogP contribution is 2.28. The summed E-state index contributed by atoms with van der Waals surface area (Å²) in [5.41, 5.74) is 1.08. The van der Waals surface area contributed by atoms with Gasteiger partial charge in [-0.1, -0.05) is 11.6 Å². The zero-order valence-corrected chi connectivity index (χ0v) is 13.2. The maximum atomic E-state index is 13.8. The molecule has 1 aromatic heterocycles. The average molecular weight is 334 g/mol. The molecule has 1 atom stereocenters. The first-order valence-electron chi connectivity index (χ1n) is 5.77. The van der Waals surface area contributed by atoms with Gasteiger partial charge < -0.3 is 5.32 Å². The summed E-state index contributed by atoms with van der Waals surface area (Å²) in [4.78, 5) is 0.0805. The molecule has 1 aromatic carbocycles. The van der Waals surface area contributed by atoms with Crippen LogP contribution in [0.1, 0.15) is 18.5 Å². The van der Waals surface area contributed by atoms with E-state index in [2.05, 4.69) is 5.32 Å². The lowest BCUT2D eigenvalue weighted by atomic mass is 10.1. The molecule has 0 radical (unpaired) electrons. The molecule has 0 aliphatic rings. The lowest BCUT2D eigenvalue weighted by Gasteiger charge is -2.15. The van der Waals surface area contributed by atoms with Crippen molar-refractivity contribution < 1.29 is 12.8 Å². The topological polar surface area (TPSA) is 46.2 Å². The number of halogens is 2. The summed E-state index contributed by atoms with van der Waals surface area (Å²) < 4.78 is 37.4. The molecule has 0 saturated carbocycles. The van der Waals surface area contributed by atoms with Gasteiger partial charge in [0.1, 0.15) is 5.82 Å². The molecule has 1 N–H and O–H groups in total. The van der Waals surface area contributed by atoms with Crippen molar-refractivity contribution in [1.29, 1.82) is 0 Å². The summed E-state index contributed by atoms with van der Waals surface area (Å²) in [7, 11) is -3.36. The number of anilines is 1. The number of hydrogen-bond donors (Lipinski definition) is 1. The third-order valence-electron chi connectivity index (χ3n) is 2.83. The zero-order chi connectivity index (χ0) is 14.9. The van der Waals surface area contributed by atoms with E-state index in [0.29, 0.717) is 4.34 Å². The summed E-state index contributed by atoms with van der Waals surface area (Å²) in [6.07, 6.45) is 1.09. The minimum Gasteiger partial charge on any atom is -0.376 e. The van der Waals surface area contributed by atoms with E-state index in [-0.39, 0.29) is 16.6 Å². The van der Waals surface area contributed by atoms with Gasteiger partial charge in [-0.15, -0.1) is 11.3 Å². The first-order valence-corrected chi connectivity index (χ1v) is 8.92. The van der Waals surface area contributed by atoms with Gasteiger partial charge in [0.05, 0.1) is 14.9 Å². The highest BCUT2D eigenvalue weighted by atomic mass is 35.5. The van der Waals surface area contributed by atoms with Crippen molar-refractivity contribution in [3.8, 4) is 0 Å². The minimum absolute atomic E-state index is 0.0805. The lowest BCUT2D eigenvalue weighted by molar-refractivity contribution is 0.600. The molecule has 0 fully saturated rings. The van der Waals surface area contributed by atoms with E-state index in [1.165, 1.54) is 23.5 Å². The van der Waals surface area contributed by atoms with E-state index in [9.17, 15) is 12.8 Å². The molecule has 1 unspecified atom stereocenters. The van der Waals surface area contributed by atoms with Gasteiger partial charge in [-0.25, -0.2) is 12.8 Å². The normalized spacial score (nSPS) is 13.2. The van der Waals surface area contributed by atoms with Crippen LogP contribution in [-0.2, 0) is 9.84 Å². The van der Waals surface area contributed by atoms with E-state index in [0.717, 1.165) is 17.9 Å². The Labute approximate surface area is 126 Å². The summed E-state index contributed by atoms with van der Waals surface area (Å²) in [6, 6.07) is 5.31. The Morgan fingerprint density at radius 1 is 1.35 bits per heavy atom. The van der Waals surface area contributed by atoms with Crippen LogP contribution in [0, 0.1) is 5.82 Å². The molecular weight excluding hydrogens is 321 g/mol. The number of benzene rings is 1. The minimum atomic E-state index is -3.36. The third-order valence-corrected chi connectivity index (χ3v) is 5.05. The quantitative estimate of drug-likeness (QED) is 0.856. The molecule has 0 saturated heterocycles. The predicted octanol–water partition coefficient (Wildman–Crippen LogP) is 4.12. The van der Waals surface area contributed by atoms with Gasteiger partial charge in [0, 0.05) is 12.3 Å². The van der Waals surface area contributed by atoms with Crippen LogP contribution in [0.25, 0.3) is 0 Å². The highest BCUT2D eigenvalue weighted by molar-refractivity contribution is 7.90. The second-order valence-corrected chi connectivity index (χ2v) is 8.02. The molecule has 0 bridgehead atoms. The van der Waals surface area contributed by atoms with Gasteiger partial charge >= 0.3 is 0 Å².